The molecule has 2 aromatic rings. The fourth-order valence-corrected chi connectivity index (χ4v) is 3.04. The highest BCUT2D eigenvalue weighted by Gasteiger charge is 2.29. The van der Waals surface area contributed by atoms with Crippen LogP contribution < -0.4 is 16.6 Å². The number of fused-ring (bicyclic) bond motifs is 1. The lowest BCUT2D eigenvalue weighted by molar-refractivity contribution is 0.215. The number of hydrogen-bond donors (Lipinski definition) is 2. The number of nitrogens with zero attached hydrogens (tertiary/aromatic N) is 2. The normalized spacial score (nSPS) is 22.6. The number of nitrogens with two attached hydrogens (primary N) is 1. The minimum atomic E-state index is -1.02. The van der Waals surface area contributed by atoms with E-state index in [-0.39, 0.29) is 5.56 Å². The van der Waals surface area contributed by atoms with Crippen LogP contribution in [0.1, 0.15) is 25.3 Å². The summed E-state index contributed by atoms with van der Waals surface area (Å²) in [4.78, 5) is 16.7. The minimum absolute atomic E-state index is 0.190. The SMILES string of the molecule is Cn1cc(C2=C(OCC3CC3)C=NC(C)(N)N2)c2cc(F)ccc2c1=O. The van der Waals surface area contributed by atoms with Crippen molar-refractivity contribution in [1.29, 1.82) is 0 Å². The van der Waals surface area contributed by atoms with Gasteiger partial charge in [-0.2, -0.15) is 0 Å². The van der Waals surface area contributed by atoms with Crippen molar-refractivity contribution in [3.05, 3.63) is 51.9 Å². The Morgan fingerprint density at radius 3 is 2.92 bits per heavy atom. The number of pyridine rings is 1. The number of ether oxygens (including phenoxy) is 1. The van der Waals surface area contributed by atoms with E-state index in [1.807, 2.05) is 0 Å². The number of nitrogens with one attached hydrogen (secondary N) is 1. The predicted molar refractivity (Wildman–Crippen MR) is 99.0 cm³/mol. The van der Waals surface area contributed by atoms with Crippen LogP contribution >= 0.6 is 0 Å². The van der Waals surface area contributed by atoms with Gasteiger partial charge < -0.3 is 14.6 Å². The number of hydrogen-bond acceptors (Lipinski definition) is 5. The number of aryl methyl sites for hydroxylation is 1. The van der Waals surface area contributed by atoms with Crippen LogP contribution in [0.2, 0.25) is 0 Å². The molecule has 2 aliphatic rings. The van der Waals surface area contributed by atoms with Gasteiger partial charge in [0.2, 0.25) is 0 Å². The molecule has 0 saturated heterocycles. The molecule has 26 heavy (non-hydrogen) atoms. The van der Waals surface area contributed by atoms with Crippen molar-refractivity contribution >= 4 is 22.7 Å². The quantitative estimate of drug-likeness (QED) is 0.879. The second-order valence-corrected chi connectivity index (χ2v) is 7.17. The molecule has 0 bridgehead atoms. The molecule has 1 unspecified atom stereocenters. The van der Waals surface area contributed by atoms with E-state index in [1.165, 1.54) is 22.8 Å². The first kappa shape index (κ1) is 16.8. The Labute approximate surface area is 150 Å². The molecule has 1 saturated carbocycles. The molecule has 1 aromatic carbocycles. The van der Waals surface area contributed by atoms with Gasteiger partial charge in [-0.15, -0.1) is 0 Å². The lowest BCUT2D eigenvalue weighted by atomic mass is 10.0. The zero-order chi connectivity index (χ0) is 18.5. The van der Waals surface area contributed by atoms with Crippen LogP contribution in [0.15, 0.2) is 39.9 Å². The second-order valence-electron chi connectivity index (χ2n) is 7.17. The average Bonchev–Trinajstić information content (AvgIpc) is 3.41. The summed E-state index contributed by atoms with van der Waals surface area (Å²) in [5.41, 5.74) is 7.20. The van der Waals surface area contributed by atoms with Crippen molar-refractivity contribution in [3.8, 4) is 0 Å². The fraction of sp³-hybridized carbons (Fsp3) is 0.368. The lowest BCUT2D eigenvalue weighted by Crippen LogP contribution is -2.50. The molecule has 1 fully saturated rings. The molecule has 6 nitrogen and oxygen atoms in total. The Kier molecular flexibility index (Phi) is 3.84. The number of halogens is 1. The number of benzene rings is 1. The van der Waals surface area contributed by atoms with Crippen LogP contribution in [0.3, 0.4) is 0 Å². The molecule has 1 aromatic heterocycles. The molecule has 4 rings (SSSR count). The van der Waals surface area contributed by atoms with Gasteiger partial charge in [-0.3, -0.25) is 10.5 Å². The van der Waals surface area contributed by atoms with Crippen molar-refractivity contribution in [2.24, 2.45) is 23.7 Å². The van der Waals surface area contributed by atoms with Gasteiger partial charge in [0.05, 0.1) is 18.5 Å². The Balaban J connectivity index is 1.92. The van der Waals surface area contributed by atoms with Crippen LogP contribution in [-0.4, -0.2) is 23.2 Å². The Hall–Kier alpha value is -2.67. The van der Waals surface area contributed by atoms with Gasteiger partial charge in [-0.05, 0) is 43.9 Å². The largest absolute Gasteiger partial charge is 0.489 e. The summed E-state index contributed by atoms with van der Waals surface area (Å²) in [6.07, 6.45) is 5.60. The highest BCUT2D eigenvalue weighted by atomic mass is 19.1. The summed E-state index contributed by atoms with van der Waals surface area (Å²) in [5.74, 6) is -0.314. The molecule has 0 radical (unpaired) electrons. The number of aromatic nitrogens is 1. The summed E-state index contributed by atoms with van der Waals surface area (Å²) in [5, 5.41) is 4.10. The monoisotopic (exact) mass is 356 g/mol. The third-order valence-corrected chi connectivity index (χ3v) is 4.66. The van der Waals surface area contributed by atoms with Gasteiger partial charge in [-0.25, -0.2) is 9.38 Å². The third kappa shape index (κ3) is 3.10. The van der Waals surface area contributed by atoms with Crippen molar-refractivity contribution in [1.82, 2.24) is 9.88 Å². The molecule has 1 aliphatic heterocycles. The van der Waals surface area contributed by atoms with Crippen molar-refractivity contribution < 1.29 is 9.13 Å². The minimum Gasteiger partial charge on any atom is -0.489 e. The molecular formula is C19H21FN4O2. The number of allylic oxidation sites excluding steroid dienone is 1. The van der Waals surface area contributed by atoms with Gasteiger partial charge in [0.25, 0.3) is 5.56 Å². The van der Waals surface area contributed by atoms with E-state index in [0.29, 0.717) is 40.3 Å². The van der Waals surface area contributed by atoms with Crippen molar-refractivity contribution in [3.63, 3.8) is 0 Å². The third-order valence-electron chi connectivity index (χ3n) is 4.66. The van der Waals surface area contributed by atoms with Crippen molar-refractivity contribution in [2.75, 3.05) is 6.61 Å². The van der Waals surface area contributed by atoms with E-state index < -0.39 is 11.6 Å². The number of rotatable bonds is 4. The summed E-state index contributed by atoms with van der Waals surface area (Å²) in [6, 6.07) is 4.15. The molecule has 0 amide bonds. The Bertz CT molecular complexity index is 1000. The molecule has 1 atom stereocenters. The van der Waals surface area contributed by atoms with Gasteiger partial charge in [0.15, 0.2) is 11.5 Å². The smallest absolute Gasteiger partial charge is 0.258 e. The topological polar surface area (TPSA) is 81.6 Å². The lowest BCUT2D eigenvalue weighted by Gasteiger charge is -2.30. The van der Waals surface area contributed by atoms with Gasteiger partial charge in [0, 0.05) is 29.6 Å². The zero-order valence-corrected chi connectivity index (χ0v) is 14.8. The number of aliphatic imine (C=N–C) groups is 1. The Morgan fingerprint density at radius 2 is 2.19 bits per heavy atom. The Morgan fingerprint density at radius 1 is 1.42 bits per heavy atom. The van der Waals surface area contributed by atoms with Crippen LogP contribution in [-0.2, 0) is 11.8 Å². The van der Waals surface area contributed by atoms with Crippen LogP contribution in [0.25, 0.3) is 16.5 Å². The molecular weight excluding hydrogens is 335 g/mol. The first-order valence-corrected chi connectivity index (χ1v) is 8.63. The molecule has 7 heteroatoms. The van der Waals surface area contributed by atoms with E-state index in [2.05, 4.69) is 10.3 Å². The molecule has 2 heterocycles. The summed E-state index contributed by atoms with van der Waals surface area (Å²) in [6.45, 7) is 2.33. The fourth-order valence-electron chi connectivity index (χ4n) is 3.04. The standard InChI is InChI=1S/C19H21FN4O2/c1-19(21)22-8-16(26-10-11-3-4-11)17(23-19)15-9-24(2)18(25)13-6-5-12(20)7-14(13)15/h5-9,11,23H,3-4,10,21H2,1-2H3. The molecule has 0 spiro atoms. The van der Waals surface area contributed by atoms with Gasteiger partial charge in [0.1, 0.15) is 5.82 Å². The molecule has 1 aliphatic carbocycles. The first-order valence-electron chi connectivity index (χ1n) is 8.63. The van der Waals surface area contributed by atoms with E-state index >= 15 is 0 Å². The maximum absolute atomic E-state index is 13.9. The van der Waals surface area contributed by atoms with E-state index in [4.69, 9.17) is 10.5 Å². The van der Waals surface area contributed by atoms with E-state index in [9.17, 15) is 9.18 Å². The molecule has 3 N–H and O–H groups in total. The summed E-state index contributed by atoms with van der Waals surface area (Å²) in [7, 11) is 1.67. The van der Waals surface area contributed by atoms with E-state index in [0.717, 1.165) is 12.8 Å². The van der Waals surface area contributed by atoms with Gasteiger partial charge in [-0.1, -0.05) is 0 Å². The van der Waals surface area contributed by atoms with Crippen molar-refractivity contribution in [2.45, 2.75) is 25.6 Å². The zero-order valence-electron chi connectivity index (χ0n) is 14.8. The van der Waals surface area contributed by atoms with Crippen LogP contribution in [0.4, 0.5) is 4.39 Å². The second kappa shape index (κ2) is 5.95. The van der Waals surface area contributed by atoms with Crippen LogP contribution in [0.5, 0.6) is 0 Å². The highest BCUT2D eigenvalue weighted by Crippen LogP contribution is 2.32. The summed E-state index contributed by atoms with van der Waals surface area (Å²) >= 11 is 0. The maximum Gasteiger partial charge on any atom is 0.258 e. The predicted octanol–water partition coefficient (Wildman–Crippen LogP) is 2.08. The van der Waals surface area contributed by atoms with E-state index in [1.54, 1.807) is 26.4 Å². The highest BCUT2D eigenvalue weighted by molar-refractivity contribution is 5.98. The average molecular weight is 356 g/mol. The molecule has 136 valence electrons. The van der Waals surface area contributed by atoms with Gasteiger partial charge >= 0.3 is 0 Å². The first-order chi connectivity index (χ1) is 12.3. The van der Waals surface area contributed by atoms with Crippen LogP contribution in [0, 0.1) is 11.7 Å². The maximum atomic E-state index is 13.9. The summed E-state index contributed by atoms with van der Waals surface area (Å²) < 4.78 is 21.3.